The quantitative estimate of drug-likeness (QED) is 0.814. The first kappa shape index (κ1) is 10.6. The minimum absolute atomic E-state index is 0.142. The number of rotatable bonds is 4. The van der Waals surface area contributed by atoms with Gasteiger partial charge < -0.3 is 4.42 Å². The molecule has 2 heterocycles. The van der Waals surface area contributed by atoms with Gasteiger partial charge in [0.15, 0.2) is 5.16 Å². The van der Waals surface area contributed by atoms with E-state index in [1.807, 2.05) is 0 Å². The Kier molecular flexibility index (Phi) is 2.50. The van der Waals surface area contributed by atoms with Gasteiger partial charge in [0.05, 0.1) is 5.75 Å². The highest BCUT2D eigenvalue weighted by Gasteiger charge is 2.28. The predicted octanol–water partition coefficient (Wildman–Crippen LogP) is 0.890. The first-order valence-electron chi connectivity index (χ1n) is 5.33. The Morgan fingerprint density at radius 3 is 3.00 bits per heavy atom. The molecule has 3 rings (SSSR count). The van der Waals surface area contributed by atoms with Crippen LogP contribution in [0, 0.1) is 6.92 Å². The van der Waals surface area contributed by atoms with Crippen LogP contribution in [-0.2, 0) is 5.75 Å². The lowest BCUT2D eigenvalue weighted by atomic mass is 10.7. The molecule has 0 radical (unpaired) electrons. The Hall–Kier alpha value is -1.57. The number of hydrogen-bond donors (Lipinski definition) is 1. The summed E-state index contributed by atoms with van der Waals surface area (Å²) < 4.78 is 6.96. The summed E-state index contributed by atoms with van der Waals surface area (Å²) >= 11 is 1.43. The van der Waals surface area contributed by atoms with Crippen LogP contribution in [0.25, 0.3) is 0 Å². The van der Waals surface area contributed by atoms with E-state index < -0.39 is 0 Å². The van der Waals surface area contributed by atoms with Gasteiger partial charge in [-0.15, -0.1) is 15.3 Å². The molecule has 1 aliphatic rings. The summed E-state index contributed by atoms with van der Waals surface area (Å²) in [6.07, 6.45) is 2.10. The van der Waals surface area contributed by atoms with Crippen molar-refractivity contribution in [1.29, 1.82) is 0 Å². The third-order valence-corrected chi connectivity index (χ3v) is 3.41. The molecule has 0 bridgehead atoms. The van der Waals surface area contributed by atoms with Gasteiger partial charge in [0.25, 0.3) is 0 Å². The summed E-state index contributed by atoms with van der Waals surface area (Å²) in [5, 5.41) is 14.8. The highest BCUT2D eigenvalue weighted by atomic mass is 32.2. The molecule has 7 nitrogen and oxygen atoms in total. The van der Waals surface area contributed by atoms with E-state index in [0.29, 0.717) is 28.7 Å². The summed E-state index contributed by atoms with van der Waals surface area (Å²) in [6, 6.07) is 0.313. The Labute approximate surface area is 101 Å². The van der Waals surface area contributed by atoms with Crippen molar-refractivity contribution >= 4 is 11.8 Å². The molecule has 1 N–H and O–H groups in total. The van der Waals surface area contributed by atoms with Crippen LogP contribution in [0.4, 0.5) is 0 Å². The molecule has 17 heavy (non-hydrogen) atoms. The van der Waals surface area contributed by atoms with Crippen molar-refractivity contribution < 1.29 is 4.42 Å². The van der Waals surface area contributed by atoms with Crippen molar-refractivity contribution in [3.63, 3.8) is 0 Å². The average Bonchev–Trinajstić information content (AvgIpc) is 2.95. The lowest BCUT2D eigenvalue weighted by molar-refractivity contribution is 0.485. The number of thioether (sulfide) groups is 1. The monoisotopic (exact) mass is 253 g/mol. The fraction of sp³-hybridized carbons (Fsp3) is 0.556. The molecule has 0 unspecified atom stereocenters. The number of H-pyrrole nitrogens is 1. The maximum absolute atomic E-state index is 11.5. The zero-order chi connectivity index (χ0) is 11.8. The van der Waals surface area contributed by atoms with Crippen LogP contribution in [0.5, 0.6) is 0 Å². The van der Waals surface area contributed by atoms with Gasteiger partial charge in [0.1, 0.15) is 0 Å². The molecule has 0 amide bonds. The van der Waals surface area contributed by atoms with Gasteiger partial charge in [-0.25, -0.2) is 9.89 Å². The number of aromatic nitrogens is 5. The van der Waals surface area contributed by atoms with Gasteiger partial charge >= 0.3 is 5.69 Å². The molecule has 90 valence electrons. The van der Waals surface area contributed by atoms with Gasteiger partial charge in [0.2, 0.25) is 11.8 Å². The second kappa shape index (κ2) is 4.02. The number of nitrogens with zero attached hydrogens (tertiary/aromatic N) is 4. The molecule has 1 fully saturated rings. The fourth-order valence-corrected chi connectivity index (χ4v) is 2.42. The van der Waals surface area contributed by atoms with Gasteiger partial charge in [-0.2, -0.15) is 0 Å². The SMILES string of the molecule is Cc1nnc(CSc2n[nH]c(=O)n2C2CC2)o1. The molecule has 0 atom stereocenters. The second-order valence-electron chi connectivity index (χ2n) is 3.92. The van der Waals surface area contributed by atoms with Crippen LogP contribution in [-0.4, -0.2) is 25.0 Å². The highest BCUT2D eigenvalue weighted by molar-refractivity contribution is 7.98. The van der Waals surface area contributed by atoms with Crippen LogP contribution in [0.2, 0.25) is 0 Å². The van der Waals surface area contributed by atoms with E-state index in [-0.39, 0.29) is 5.69 Å². The Balaban J connectivity index is 1.75. The lowest BCUT2D eigenvalue weighted by Gasteiger charge is -2.00. The summed E-state index contributed by atoms with van der Waals surface area (Å²) in [6.45, 7) is 1.75. The maximum atomic E-state index is 11.5. The molecule has 2 aromatic rings. The molecule has 0 saturated heterocycles. The standard InChI is InChI=1S/C9H11N5O2S/c1-5-10-11-7(16-5)4-17-9-13-12-8(15)14(9)6-2-3-6/h6H,2-4H2,1H3,(H,12,15). The van der Waals surface area contributed by atoms with Crippen molar-refractivity contribution in [1.82, 2.24) is 25.0 Å². The van der Waals surface area contributed by atoms with Crippen molar-refractivity contribution in [3.05, 3.63) is 22.3 Å². The van der Waals surface area contributed by atoms with E-state index >= 15 is 0 Å². The number of nitrogens with one attached hydrogen (secondary N) is 1. The smallest absolute Gasteiger partial charge is 0.344 e. The summed E-state index contributed by atoms with van der Waals surface area (Å²) in [5.41, 5.74) is -0.142. The summed E-state index contributed by atoms with van der Waals surface area (Å²) in [4.78, 5) is 11.5. The largest absolute Gasteiger partial charge is 0.425 e. The Morgan fingerprint density at radius 1 is 1.53 bits per heavy atom. The summed E-state index contributed by atoms with van der Waals surface area (Å²) in [7, 11) is 0. The van der Waals surface area contributed by atoms with Crippen LogP contribution in [0.3, 0.4) is 0 Å². The van der Waals surface area contributed by atoms with Gasteiger partial charge in [-0.1, -0.05) is 11.8 Å². The molecule has 1 aliphatic carbocycles. The van der Waals surface area contributed by atoms with Crippen LogP contribution < -0.4 is 5.69 Å². The third-order valence-electron chi connectivity index (χ3n) is 2.48. The first-order valence-corrected chi connectivity index (χ1v) is 6.31. The molecule has 2 aromatic heterocycles. The highest BCUT2D eigenvalue weighted by Crippen LogP contribution is 2.36. The lowest BCUT2D eigenvalue weighted by Crippen LogP contribution is -2.16. The zero-order valence-corrected chi connectivity index (χ0v) is 10.0. The first-order chi connectivity index (χ1) is 8.24. The van der Waals surface area contributed by atoms with Crippen LogP contribution in [0.1, 0.15) is 30.7 Å². The second-order valence-corrected chi connectivity index (χ2v) is 4.86. The van der Waals surface area contributed by atoms with E-state index in [2.05, 4.69) is 20.4 Å². The number of aryl methyl sites for hydroxylation is 1. The van der Waals surface area contributed by atoms with Crippen molar-refractivity contribution in [2.24, 2.45) is 0 Å². The molecule has 0 spiro atoms. The minimum atomic E-state index is -0.142. The van der Waals surface area contributed by atoms with E-state index in [9.17, 15) is 4.79 Å². The minimum Gasteiger partial charge on any atom is -0.425 e. The van der Waals surface area contributed by atoms with Crippen LogP contribution >= 0.6 is 11.8 Å². The Bertz CT molecular complexity index is 582. The zero-order valence-electron chi connectivity index (χ0n) is 9.21. The van der Waals surface area contributed by atoms with E-state index in [1.54, 1.807) is 11.5 Å². The molecule has 8 heteroatoms. The molecular formula is C9H11N5O2S. The van der Waals surface area contributed by atoms with Gasteiger partial charge in [-0.05, 0) is 12.8 Å². The van der Waals surface area contributed by atoms with Gasteiger partial charge in [-0.3, -0.25) is 4.57 Å². The van der Waals surface area contributed by atoms with E-state index in [1.165, 1.54) is 11.8 Å². The van der Waals surface area contributed by atoms with E-state index in [4.69, 9.17) is 4.42 Å². The molecule has 0 aromatic carbocycles. The van der Waals surface area contributed by atoms with Gasteiger partial charge in [0, 0.05) is 13.0 Å². The van der Waals surface area contributed by atoms with Crippen molar-refractivity contribution in [3.8, 4) is 0 Å². The van der Waals surface area contributed by atoms with E-state index in [0.717, 1.165) is 12.8 Å². The predicted molar refractivity (Wildman–Crippen MR) is 59.7 cm³/mol. The number of hydrogen-bond acceptors (Lipinski definition) is 6. The third kappa shape index (κ3) is 2.12. The molecule has 1 saturated carbocycles. The average molecular weight is 253 g/mol. The Morgan fingerprint density at radius 2 is 2.35 bits per heavy atom. The topological polar surface area (TPSA) is 89.6 Å². The van der Waals surface area contributed by atoms with Crippen molar-refractivity contribution in [2.75, 3.05) is 0 Å². The fourth-order valence-electron chi connectivity index (χ4n) is 1.57. The molecule has 0 aliphatic heterocycles. The maximum Gasteiger partial charge on any atom is 0.344 e. The van der Waals surface area contributed by atoms with Crippen LogP contribution in [0.15, 0.2) is 14.4 Å². The van der Waals surface area contributed by atoms with Crippen molar-refractivity contribution in [2.45, 2.75) is 36.7 Å². The number of aromatic amines is 1. The normalized spacial score (nSPS) is 15.4. The summed E-state index contributed by atoms with van der Waals surface area (Å²) in [5.74, 6) is 1.62. The molecular weight excluding hydrogens is 242 g/mol.